The zero-order valence-corrected chi connectivity index (χ0v) is 17.7. The van der Waals surface area contributed by atoms with Crippen LogP contribution < -0.4 is 5.32 Å². The molecule has 1 heterocycles. The number of alkyl halides is 3. The molecule has 4 rings (SSSR count). The lowest BCUT2D eigenvalue weighted by atomic mass is 10.1. The summed E-state index contributed by atoms with van der Waals surface area (Å²) in [6, 6.07) is 7.71. The second-order valence-corrected chi connectivity index (χ2v) is 9.41. The summed E-state index contributed by atoms with van der Waals surface area (Å²) in [5.74, 6) is -0.605. The monoisotopic (exact) mass is 472 g/mol. The molecule has 10 heteroatoms. The van der Waals surface area contributed by atoms with Crippen LogP contribution in [0.1, 0.15) is 29.2 Å². The van der Waals surface area contributed by atoms with Crippen molar-refractivity contribution < 1.29 is 26.0 Å². The SMILES string of the molecule is CNC1CCc2c1cn(S(=O)(=O)c1ccc(C(F)(F)F)cc1Cl)c2-c1ccccc1F. The van der Waals surface area contributed by atoms with Gasteiger partial charge in [-0.3, -0.25) is 0 Å². The molecule has 164 valence electrons. The summed E-state index contributed by atoms with van der Waals surface area (Å²) >= 11 is 5.97. The van der Waals surface area contributed by atoms with Gasteiger partial charge in [-0.15, -0.1) is 0 Å². The lowest BCUT2D eigenvalue weighted by Crippen LogP contribution is -2.17. The van der Waals surface area contributed by atoms with Crippen LogP contribution >= 0.6 is 11.6 Å². The van der Waals surface area contributed by atoms with E-state index in [9.17, 15) is 26.0 Å². The van der Waals surface area contributed by atoms with E-state index in [0.717, 1.165) is 10.0 Å². The second kappa shape index (κ2) is 7.65. The van der Waals surface area contributed by atoms with Crippen LogP contribution in [-0.2, 0) is 22.6 Å². The Morgan fingerprint density at radius 2 is 1.87 bits per heavy atom. The molecular formula is C21H17ClF4N2O2S. The third kappa shape index (κ3) is 3.64. The van der Waals surface area contributed by atoms with Crippen molar-refractivity contribution in [2.24, 2.45) is 0 Å². The molecular weight excluding hydrogens is 456 g/mol. The third-order valence-electron chi connectivity index (χ3n) is 5.44. The molecule has 0 spiro atoms. The summed E-state index contributed by atoms with van der Waals surface area (Å²) in [7, 11) is -2.68. The molecule has 0 saturated heterocycles. The van der Waals surface area contributed by atoms with Crippen LogP contribution in [0, 0.1) is 5.82 Å². The Hall–Kier alpha value is -2.36. The van der Waals surface area contributed by atoms with Gasteiger partial charge in [-0.2, -0.15) is 13.2 Å². The number of hydrogen-bond acceptors (Lipinski definition) is 3. The molecule has 4 nitrogen and oxygen atoms in total. The molecule has 31 heavy (non-hydrogen) atoms. The molecule has 1 aliphatic carbocycles. The van der Waals surface area contributed by atoms with E-state index < -0.39 is 37.5 Å². The normalized spacial score (nSPS) is 16.5. The first-order chi connectivity index (χ1) is 14.6. The van der Waals surface area contributed by atoms with Crippen LogP contribution in [0.5, 0.6) is 0 Å². The minimum Gasteiger partial charge on any atom is -0.313 e. The summed E-state index contributed by atoms with van der Waals surface area (Å²) in [5, 5.41) is 2.54. The van der Waals surface area contributed by atoms with Crippen LogP contribution in [0.25, 0.3) is 11.3 Å². The van der Waals surface area contributed by atoms with Gasteiger partial charge in [0.15, 0.2) is 0 Å². The molecule has 1 N–H and O–H groups in total. The van der Waals surface area contributed by atoms with E-state index >= 15 is 0 Å². The fourth-order valence-corrected chi connectivity index (χ4v) is 5.89. The Balaban J connectivity index is 1.95. The first kappa shape index (κ1) is 21.9. The third-order valence-corrected chi connectivity index (χ3v) is 7.59. The minimum atomic E-state index is -4.67. The largest absolute Gasteiger partial charge is 0.416 e. The van der Waals surface area contributed by atoms with E-state index in [1.807, 2.05) is 0 Å². The van der Waals surface area contributed by atoms with Crippen molar-refractivity contribution in [2.75, 3.05) is 7.05 Å². The van der Waals surface area contributed by atoms with Gasteiger partial charge < -0.3 is 5.32 Å². The lowest BCUT2D eigenvalue weighted by Gasteiger charge is -2.15. The molecule has 1 unspecified atom stereocenters. The number of hydrogen-bond donors (Lipinski definition) is 1. The molecule has 0 aliphatic heterocycles. The molecule has 0 fully saturated rings. The first-order valence-corrected chi connectivity index (χ1v) is 11.2. The highest BCUT2D eigenvalue weighted by Gasteiger charge is 2.35. The first-order valence-electron chi connectivity index (χ1n) is 9.34. The maximum Gasteiger partial charge on any atom is 0.416 e. The lowest BCUT2D eigenvalue weighted by molar-refractivity contribution is -0.137. The molecule has 0 saturated carbocycles. The minimum absolute atomic E-state index is 0.0899. The molecule has 1 atom stereocenters. The molecule has 0 radical (unpaired) electrons. The van der Waals surface area contributed by atoms with Crippen molar-refractivity contribution in [1.29, 1.82) is 0 Å². The van der Waals surface area contributed by atoms with E-state index in [1.165, 1.54) is 24.4 Å². The van der Waals surface area contributed by atoms with Crippen LogP contribution in [-0.4, -0.2) is 19.4 Å². The number of nitrogens with one attached hydrogen (secondary N) is 1. The van der Waals surface area contributed by atoms with Gasteiger partial charge in [-0.25, -0.2) is 16.8 Å². The molecule has 3 aromatic rings. The number of fused-ring (bicyclic) bond motifs is 1. The zero-order valence-electron chi connectivity index (χ0n) is 16.2. The number of aromatic nitrogens is 1. The van der Waals surface area contributed by atoms with Crippen molar-refractivity contribution >= 4 is 21.6 Å². The highest BCUT2D eigenvalue weighted by molar-refractivity contribution is 7.90. The summed E-state index contributed by atoms with van der Waals surface area (Å²) in [5.41, 5.74) is 0.563. The Labute approximate surface area is 181 Å². The fraction of sp³-hybridized carbons (Fsp3) is 0.238. The number of benzene rings is 2. The predicted molar refractivity (Wildman–Crippen MR) is 109 cm³/mol. The van der Waals surface area contributed by atoms with Crippen molar-refractivity contribution in [3.63, 3.8) is 0 Å². The van der Waals surface area contributed by atoms with Crippen molar-refractivity contribution in [1.82, 2.24) is 9.29 Å². The zero-order chi connectivity index (χ0) is 22.6. The Morgan fingerprint density at radius 1 is 1.16 bits per heavy atom. The second-order valence-electron chi connectivity index (χ2n) is 7.22. The Bertz CT molecular complexity index is 1270. The van der Waals surface area contributed by atoms with Gasteiger partial charge in [0, 0.05) is 17.8 Å². The van der Waals surface area contributed by atoms with E-state index in [1.54, 1.807) is 13.1 Å². The van der Waals surface area contributed by atoms with Crippen molar-refractivity contribution in [2.45, 2.75) is 30.0 Å². The van der Waals surface area contributed by atoms with Crippen molar-refractivity contribution in [3.8, 4) is 11.3 Å². The van der Waals surface area contributed by atoms with Crippen LogP contribution in [0.15, 0.2) is 53.6 Å². The molecule has 0 amide bonds. The number of nitrogens with zero attached hydrogens (tertiary/aromatic N) is 1. The smallest absolute Gasteiger partial charge is 0.313 e. The van der Waals surface area contributed by atoms with Crippen LogP contribution in [0.4, 0.5) is 17.6 Å². The summed E-state index contributed by atoms with van der Waals surface area (Å²) in [4.78, 5) is -0.491. The maximum absolute atomic E-state index is 14.7. The van der Waals surface area contributed by atoms with Crippen LogP contribution in [0.2, 0.25) is 5.02 Å². The quantitative estimate of drug-likeness (QED) is 0.516. The molecule has 1 aromatic heterocycles. The fourth-order valence-electron chi connectivity index (χ4n) is 3.96. The van der Waals surface area contributed by atoms with Gasteiger partial charge in [0.2, 0.25) is 0 Å². The molecule has 1 aliphatic rings. The summed E-state index contributed by atoms with van der Waals surface area (Å²) in [6.07, 6.45) is -2.04. The van der Waals surface area contributed by atoms with Crippen molar-refractivity contribution in [3.05, 3.63) is 76.2 Å². The topological polar surface area (TPSA) is 51.1 Å². The Kier molecular flexibility index (Phi) is 5.39. The van der Waals surface area contributed by atoms with Crippen LogP contribution in [0.3, 0.4) is 0 Å². The van der Waals surface area contributed by atoms with Gasteiger partial charge >= 0.3 is 6.18 Å². The average Bonchev–Trinajstić information content (AvgIpc) is 3.27. The van der Waals surface area contributed by atoms with Gasteiger partial charge in [0.25, 0.3) is 10.0 Å². The summed E-state index contributed by atoms with van der Waals surface area (Å²) in [6.45, 7) is 0. The van der Waals surface area contributed by atoms with E-state index in [4.69, 9.17) is 11.6 Å². The standard InChI is InChI=1S/C21H17ClF4N2O2S/c1-27-18-8-7-13-15(18)11-28(20(13)14-4-2-3-5-17(14)23)31(29,30)19-9-6-12(10-16(19)22)21(24,25)26/h2-6,9-11,18,27H,7-8H2,1H3. The maximum atomic E-state index is 14.7. The van der Waals surface area contributed by atoms with Gasteiger partial charge in [0.1, 0.15) is 10.7 Å². The molecule has 2 aromatic carbocycles. The molecule has 0 bridgehead atoms. The average molecular weight is 473 g/mol. The highest BCUT2D eigenvalue weighted by atomic mass is 35.5. The van der Waals surface area contributed by atoms with Gasteiger partial charge in [-0.05, 0) is 61.3 Å². The van der Waals surface area contributed by atoms with E-state index in [0.29, 0.717) is 36.1 Å². The van der Waals surface area contributed by atoms with Gasteiger partial charge in [-0.1, -0.05) is 23.7 Å². The number of halogens is 5. The number of rotatable bonds is 4. The van der Waals surface area contributed by atoms with E-state index in [-0.39, 0.29) is 17.3 Å². The summed E-state index contributed by atoms with van der Waals surface area (Å²) < 4.78 is 81.5. The van der Waals surface area contributed by atoms with Gasteiger partial charge in [0.05, 0.1) is 16.3 Å². The Morgan fingerprint density at radius 3 is 2.48 bits per heavy atom. The van der Waals surface area contributed by atoms with E-state index in [2.05, 4.69) is 5.32 Å². The predicted octanol–water partition coefficient (Wildman–Crippen LogP) is 5.41. The highest BCUT2D eigenvalue weighted by Crippen LogP contribution is 2.42.